The number of aryl methyl sites for hydroxylation is 1. The minimum absolute atomic E-state index is 0.102. The summed E-state index contributed by atoms with van der Waals surface area (Å²) >= 11 is 5.80. The Kier molecular flexibility index (Phi) is 5.71. The second-order valence-electron chi connectivity index (χ2n) is 6.31. The van der Waals surface area contributed by atoms with Gasteiger partial charge in [0.2, 0.25) is 5.91 Å². The van der Waals surface area contributed by atoms with E-state index >= 15 is 0 Å². The second kappa shape index (κ2) is 6.95. The van der Waals surface area contributed by atoms with Gasteiger partial charge in [-0.3, -0.25) is 19.7 Å². The Bertz CT molecular complexity index is 653. The van der Waals surface area contributed by atoms with Gasteiger partial charge in [0.05, 0.1) is 4.92 Å². The van der Waals surface area contributed by atoms with Gasteiger partial charge >= 0.3 is 0 Å². The van der Waals surface area contributed by atoms with Crippen LogP contribution in [0, 0.1) is 17.0 Å². The second-order valence-corrected chi connectivity index (χ2v) is 6.74. The smallest absolute Gasteiger partial charge is 0.283 e. The highest BCUT2D eigenvalue weighted by atomic mass is 35.5. The number of nitro groups is 1. The van der Waals surface area contributed by atoms with Crippen LogP contribution in [0.25, 0.3) is 0 Å². The third-order valence-electron chi connectivity index (χ3n) is 2.94. The zero-order valence-corrected chi connectivity index (χ0v) is 14.4. The number of amides is 2. The van der Waals surface area contributed by atoms with Crippen LogP contribution in [0.4, 0.5) is 5.69 Å². The number of nitrogens with one attached hydrogen (secondary N) is 2. The van der Waals surface area contributed by atoms with Crippen molar-refractivity contribution in [2.24, 2.45) is 0 Å². The summed E-state index contributed by atoms with van der Waals surface area (Å²) in [6, 6.07) is 1.74. The predicted molar refractivity (Wildman–Crippen MR) is 87.7 cm³/mol. The molecule has 126 valence electrons. The van der Waals surface area contributed by atoms with Crippen LogP contribution in [0.5, 0.6) is 0 Å². The van der Waals surface area contributed by atoms with Crippen molar-refractivity contribution in [3.63, 3.8) is 0 Å². The van der Waals surface area contributed by atoms with Crippen molar-refractivity contribution >= 4 is 29.1 Å². The minimum Gasteiger partial charge on any atom is -0.350 e. The Morgan fingerprint density at radius 2 is 1.87 bits per heavy atom. The lowest BCUT2D eigenvalue weighted by atomic mass is 10.0. The number of halogens is 1. The zero-order chi connectivity index (χ0) is 17.9. The largest absolute Gasteiger partial charge is 0.350 e. The Morgan fingerprint density at radius 1 is 1.30 bits per heavy atom. The molecular formula is C15H20ClN3O4. The average Bonchev–Trinajstić information content (AvgIpc) is 2.34. The first kappa shape index (κ1) is 18.9. The van der Waals surface area contributed by atoms with E-state index in [9.17, 15) is 19.7 Å². The fourth-order valence-corrected chi connectivity index (χ4v) is 2.24. The normalized spacial score (nSPS) is 12.4. The molecule has 0 bridgehead atoms. The van der Waals surface area contributed by atoms with E-state index in [4.69, 9.17) is 11.6 Å². The number of hydrogen-bond donors (Lipinski definition) is 2. The van der Waals surface area contributed by atoms with E-state index in [2.05, 4.69) is 10.6 Å². The monoisotopic (exact) mass is 341 g/mol. The van der Waals surface area contributed by atoms with Gasteiger partial charge in [-0.1, -0.05) is 11.6 Å². The molecule has 0 spiro atoms. The van der Waals surface area contributed by atoms with Crippen molar-refractivity contribution in [1.29, 1.82) is 0 Å². The summed E-state index contributed by atoms with van der Waals surface area (Å²) in [5, 5.41) is 16.5. The van der Waals surface area contributed by atoms with E-state index in [0.717, 1.165) is 6.07 Å². The van der Waals surface area contributed by atoms with Crippen molar-refractivity contribution in [3.05, 3.63) is 38.4 Å². The summed E-state index contributed by atoms with van der Waals surface area (Å²) in [6.07, 6.45) is 0. The summed E-state index contributed by atoms with van der Waals surface area (Å²) in [5.41, 5.74) is -0.575. The molecule has 0 radical (unpaired) electrons. The lowest BCUT2D eigenvalue weighted by Crippen LogP contribution is -2.51. The van der Waals surface area contributed by atoms with E-state index in [-0.39, 0.29) is 16.5 Å². The van der Waals surface area contributed by atoms with Gasteiger partial charge in [-0.05, 0) is 46.2 Å². The molecule has 7 nitrogen and oxygen atoms in total. The van der Waals surface area contributed by atoms with Gasteiger partial charge in [-0.2, -0.15) is 0 Å². The molecule has 1 aromatic carbocycles. The fourth-order valence-electron chi connectivity index (χ4n) is 1.98. The SMILES string of the molecule is Cc1cc(Cl)cc([N+](=O)[O-])c1C(=O)N[C@@H](C)C(=O)NC(C)(C)C. The highest BCUT2D eigenvalue weighted by Crippen LogP contribution is 2.27. The van der Waals surface area contributed by atoms with Crippen molar-refractivity contribution in [2.75, 3.05) is 0 Å². The van der Waals surface area contributed by atoms with Gasteiger partial charge in [-0.15, -0.1) is 0 Å². The maximum Gasteiger partial charge on any atom is 0.283 e. The number of nitro benzene ring substituents is 1. The van der Waals surface area contributed by atoms with Crippen LogP contribution in [-0.4, -0.2) is 28.3 Å². The van der Waals surface area contributed by atoms with Crippen LogP contribution in [0.15, 0.2) is 12.1 Å². The van der Waals surface area contributed by atoms with E-state index in [1.807, 2.05) is 20.8 Å². The lowest BCUT2D eigenvalue weighted by Gasteiger charge is -2.23. The molecule has 2 amide bonds. The number of carbonyl (C=O) groups excluding carboxylic acids is 2. The Labute approximate surface area is 139 Å². The average molecular weight is 342 g/mol. The first-order valence-electron chi connectivity index (χ1n) is 7.00. The zero-order valence-electron chi connectivity index (χ0n) is 13.7. The highest BCUT2D eigenvalue weighted by molar-refractivity contribution is 6.31. The first-order valence-corrected chi connectivity index (χ1v) is 7.37. The molecule has 2 N–H and O–H groups in total. The van der Waals surface area contributed by atoms with Gasteiger partial charge in [0.25, 0.3) is 11.6 Å². The molecule has 0 saturated heterocycles. The molecule has 0 aliphatic rings. The van der Waals surface area contributed by atoms with Crippen LogP contribution in [0.3, 0.4) is 0 Å². The summed E-state index contributed by atoms with van der Waals surface area (Å²) in [7, 11) is 0. The summed E-state index contributed by atoms with van der Waals surface area (Å²) in [4.78, 5) is 34.8. The lowest BCUT2D eigenvalue weighted by molar-refractivity contribution is -0.385. The van der Waals surface area contributed by atoms with Crippen LogP contribution in [0.2, 0.25) is 5.02 Å². The number of benzene rings is 1. The van der Waals surface area contributed by atoms with Gasteiger partial charge < -0.3 is 10.6 Å². The maximum atomic E-state index is 12.3. The maximum absolute atomic E-state index is 12.3. The van der Waals surface area contributed by atoms with Gasteiger partial charge in [0.1, 0.15) is 11.6 Å². The predicted octanol–water partition coefficient (Wildman–Crippen LogP) is 2.59. The van der Waals surface area contributed by atoms with Crippen molar-refractivity contribution < 1.29 is 14.5 Å². The molecule has 0 heterocycles. The van der Waals surface area contributed by atoms with Crippen molar-refractivity contribution in [2.45, 2.75) is 46.2 Å². The number of rotatable bonds is 4. The van der Waals surface area contributed by atoms with Crippen LogP contribution < -0.4 is 10.6 Å². The number of hydrogen-bond acceptors (Lipinski definition) is 4. The molecule has 1 atom stereocenters. The van der Waals surface area contributed by atoms with Crippen LogP contribution in [-0.2, 0) is 4.79 Å². The van der Waals surface area contributed by atoms with Gasteiger partial charge in [-0.25, -0.2) is 0 Å². The molecule has 0 aliphatic carbocycles. The highest BCUT2D eigenvalue weighted by Gasteiger charge is 2.27. The third kappa shape index (κ3) is 5.21. The standard InChI is InChI=1S/C15H20ClN3O4/c1-8-6-10(16)7-11(19(22)23)12(8)14(21)17-9(2)13(20)18-15(3,4)5/h6-7,9H,1-5H3,(H,17,21)(H,18,20)/t9-/m0/s1. The number of nitrogens with zero attached hydrogens (tertiary/aromatic N) is 1. The first-order chi connectivity index (χ1) is 10.4. The molecule has 1 rings (SSSR count). The van der Waals surface area contributed by atoms with E-state index < -0.39 is 28.1 Å². The van der Waals surface area contributed by atoms with Gasteiger partial charge in [0.15, 0.2) is 0 Å². The molecule has 0 aliphatic heterocycles. The molecule has 0 aromatic heterocycles. The molecule has 0 unspecified atom stereocenters. The Morgan fingerprint density at radius 3 is 2.35 bits per heavy atom. The summed E-state index contributed by atoms with van der Waals surface area (Å²) < 4.78 is 0. The Hall–Kier alpha value is -2.15. The van der Waals surface area contributed by atoms with Crippen molar-refractivity contribution in [3.8, 4) is 0 Å². The molecule has 0 fully saturated rings. The number of carbonyl (C=O) groups is 2. The van der Waals surface area contributed by atoms with E-state index in [1.165, 1.54) is 13.0 Å². The Balaban J connectivity index is 3.03. The topological polar surface area (TPSA) is 101 Å². The quantitative estimate of drug-likeness (QED) is 0.649. The third-order valence-corrected chi connectivity index (χ3v) is 3.16. The van der Waals surface area contributed by atoms with Crippen LogP contribution in [0.1, 0.15) is 43.6 Å². The van der Waals surface area contributed by atoms with E-state index in [0.29, 0.717) is 5.56 Å². The fraction of sp³-hybridized carbons (Fsp3) is 0.467. The van der Waals surface area contributed by atoms with E-state index in [1.54, 1.807) is 6.92 Å². The summed E-state index contributed by atoms with van der Waals surface area (Å²) in [5.74, 6) is -1.07. The molecule has 0 saturated carbocycles. The molecular weight excluding hydrogens is 322 g/mol. The van der Waals surface area contributed by atoms with Crippen molar-refractivity contribution in [1.82, 2.24) is 10.6 Å². The molecule has 1 aromatic rings. The van der Waals surface area contributed by atoms with Gasteiger partial charge in [0, 0.05) is 16.6 Å². The minimum atomic E-state index is -0.837. The summed E-state index contributed by atoms with van der Waals surface area (Å²) in [6.45, 7) is 8.50. The molecule has 23 heavy (non-hydrogen) atoms. The van der Waals surface area contributed by atoms with Crippen LogP contribution >= 0.6 is 11.6 Å². The molecule has 8 heteroatoms.